The van der Waals surface area contributed by atoms with E-state index < -0.39 is 0 Å². The molecule has 1 heterocycles. The van der Waals surface area contributed by atoms with E-state index in [1.807, 2.05) is 0 Å². The Morgan fingerprint density at radius 1 is 1.86 bits per heavy atom. The first-order valence-electron chi connectivity index (χ1n) is 1.92. The number of Topliss-reactive ketones (excluding diaryl/α,β-unsaturated/α-hetero) is 1. The highest BCUT2D eigenvalue weighted by Gasteiger charge is 2.13. The van der Waals surface area contributed by atoms with Gasteiger partial charge in [-0.2, -0.15) is 0 Å². The molecule has 2 nitrogen and oxygen atoms in total. The molecule has 0 radical (unpaired) electrons. The van der Waals surface area contributed by atoms with Crippen LogP contribution in [0.1, 0.15) is 0 Å². The molecule has 0 amide bonds. The molecule has 0 atom stereocenters. The first-order valence-corrected chi connectivity index (χ1v) is 2.74. The number of carbonyl (C=O) groups is 1. The van der Waals surface area contributed by atoms with E-state index in [1.54, 1.807) is 0 Å². The van der Waals surface area contributed by atoms with E-state index in [2.05, 4.69) is 11.3 Å². The van der Waals surface area contributed by atoms with Crippen molar-refractivity contribution in [2.75, 3.05) is 6.54 Å². The van der Waals surface area contributed by atoms with Gasteiger partial charge in [-0.15, -0.1) is 0 Å². The minimum Gasteiger partial charge on any atom is -0.292 e. The molecule has 38 valence electrons. The number of rotatable bonds is 0. The number of ketones is 1. The maximum absolute atomic E-state index is 10.4. The Kier molecular flexibility index (Phi) is 1.17. The van der Waals surface area contributed by atoms with Crippen molar-refractivity contribution in [3.8, 4) is 0 Å². The van der Waals surface area contributed by atoms with E-state index >= 15 is 0 Å². The lowest BCUT2D eigenvalue weighted by Gasteiger charge is -1.78. The van der Waals surface area contributed by atoms with Gasteiger partial charge in [-0.3, -0.25) is 9.52 Å². The molecule has 0 spiro atoms. The lowest BCUT2D eigenvalue weighted by atomic mass is 10.4. The smallest absolute Gasteiger partial charge is 0.184 e. The van der Waals surface area contributed by atoms with Gasteiger partial charge >= 0.3 is 0 Å². The number of carbonyl (C=O) groups excluding carboxylic acids is 1. The molecule has 0 aromatic carbocycles. The average molecular weight is 115 g/mol. The maximum atomic E-state index is 10.4. The van der Waals surface area contributed by atoms with Gasteiger partial charge < -0.3 is 0 Å². The average Bonchev–Trinajstić information content (AvgIpc) is 1.91. The Hall–Kier alpha value is -0.280. The van der Waals surface area contributed by atoms with E-state index in [9.17, 15) is 4.79 Å². The van der Waals surface area contributed by atoms with Crippen molar-refractivity contribution in [1.29, 1.82) is 0 Å². The fourth-order valence-electron chi connectivity index (χ4n) is 0.344. The zero-order chi connectivity index (χ0) is 5.28. The molecule has 1 rings (SSSR count). The second-order valence-corrected chi connectivity index (χ2v) is 2.26. The molecule has 3 heteroatoms. The molecule has 1 saturated heterocycles. The van der Waals surface area contributed by atoms with Crippen LogP contribution in [0.4, 0.5) is 0 Å². The third-order valence-electron chi connectivity index (χ3n) is 0.739. The minimum atomic E-state index is 0.116. The molecule has 0 aromatic heterocycles. The number of hydrogen-bond donors (Lipinski definition) is 1. The van der Waals surface area contributed by atoms with Crippen LogP contribution in [0, 0.1) is 0 Å². The predicted molar refractivity (Wildman–Crippen MR) is 29.7 cm³/mol. The molecule has 0 aromatic rings. The van der Waals surface area contributed by atoms with E-state index in [0.29, 0.717) is 11.4 Å². The first-order chi connectivity index (χ1) is 3.30. The van der Waals surface area contributed by atoms with Crippen molar-refractivity contribution >= 4 is 17.7 Å². The van der Waals surface area contributed by atoms with Gasteiger partial charge in [0.25, 0.3) is 0 Å². The zero-order valence-corrected chi connectivity index (χ0v) is 4.55. The van der Waals surface area contributed by atoms with E-state index in [1.165, 1.54) is 11.9 Å². The zero-order valence-electron chi connectivity index (χ0n) is 3.73. The van der Waals surface area contributed by atoms with Crippen molar-refractivity contribution in [1.82, 2.24) is 4.72 Å². The van der Waals surface area contributed by atoms with Gasteiger partial charge in [0, 0.05) is 0 Å². The highest BCUT2D eigenvalue weighted by atomic mass is 32.2. The summed E-state index contributed by atoms with van der Waals surface area (Å²) in [6, 6.07) is 0. The van der Waals surface area contributed by atoms with Crippen LogP contribution in [0.2, 0.25) is 0 Å². The molecule has 7 heavy (non-hydrogen) atoms. The van der Waals surface area contributed by atoms with Crippen LogP contribution in [0.15, 0.2) is 11.5 Å². The van der Waals surface area contributed by atoms with Crippen LogP contribution < -0.4 is 4.72 Å². The highest BCUT2D eigenvalue weighted by Crippen LogP contribution is 2.14. The monoisotopic (exact) mass is 115 g/mol. The lowest BCUT2D eigenvalue weighted by molar-refractivity contribution is -0.113. The summed E-state index contributed by atoms with van der Waals surface area (Å²) in [5, 5.41) is 0. The molecule has 0 bridgehead atoms. The molecule has 1 aliphatic rings. The molecule has 1 N–H and O–H groups in total. The van der Waals surface area contributed by atoms with Gasteiger partial charge in [0.05, 0.1) is 11.4 Å². The van der Waals surface area contributed by atoms with Crippen molar-refractivity contribution < 1.29 is 4.79 Å². The maximum Gasteiger partial charge on any atom is 0.184 e. The van der Waals surface area contributed by atoms with Crippen molar-refractivity contribution in [3.05, 3.63) is 11.5 Å². The normalized spacial score (nSPS) is 21.1. The summed E-state index contributed by atoms with van der Waals surface area (Å²) in [5.74, 6) is 0.116. The Balaban J connectivity index is 2.65. The van der Waals surface area contributed by atoms with Crippen molar-refractivity contribution in [3.63, 3.8) is 0 Å². The van der Waals surface area contributed by atoms with Gasteiger partial charge in [0.2, 0.25) is 0 Å². The molecule has 0 saturated carbocycles. The fourth-order valence-corrected chi connectivity index (χ4v) is 0.908. The summed E-state index contributed by atoms with van der Waals surface area (Å²) in [6.45, 7) is 3.93. The molecule has 0 aliphatic carbocycles. The summed E-state index contributed by atoms with van der Waals surface area (Å²) in [7, 11) is 0. The Morgan fingerprint density at radius 2 is 2.57 bits per heavy atom. The second-order valence-electron chi connectivity index (χ2n) is 1.27. The van der Waals surface area contributed by atoms with Gasteiger partial charge in [0.1, 0.15) is 0 Å². The summed E-state index contributed by atoms with van der Waals surface area (Å²) in [6.07, 6.45) is 0. The van der Waals surface area contributed by atoms with Crippen molar-refractivity contribution in [2.24, 2.45) is 0 Å². The van der Waals surface area contributed by atoms with Crippen LogP contribution in [0.5, 0.6) is 0 Å². The largest absolute Gasteiger partial charge is 0.292 e. The summed E-state index contributed by atoms with van der Waals surface area (Å²) < 4.78 is 2.79. The molecular formula is C4H5NOS. The van der Waals surface area contributed by atoms with E-state index in [0.717, 1.165) is 0 Å². The van der Waals surface area contributed by atoms with Gasteiger partial charge in [-0.25, -0.2) is 0 Å². The minimum absolute atomic E-state index is 0.116. The van der Waals surface area contributed by atoms with Gasteiger partial charge in [0.15, 0.2) is 5.78 Å². The lowest BCUT2D eigenvalue weighted by Crippen LogP contribution is -2.03. The van der Waals surface area contributed by atoms with Crippen LogP contribution in [0.25, 0.3) is 0 Å². The third-order valence-corrected chi connectivity index (χ3v) is 1.50. The van der Waals surface area contributed by atoms with Crippen LogP contribution in [-0.4, -0.2) is 12.3 Å². The van der Waals surface area contributed by atoms with Gasteiger partial charge in [-0.05, 0) is 11.9 Å². The predicted octanol–water partition coefficient (Wildman–Crippen LogP) is 0.321. The van der Waals surface area contributed by atoms with Crippen LogP contribution in [-0.2, 0) is 4.79 Å². The highest BCUT2D eigenvalue weighted by molar-refractivity contribution is 8.02. The molecular weight excluding hydrogens is 110 g/mol. The Labute approximate surface area is 46.1 Å². The number of nitrogens with one attached hydrogen (secondary N) is 1. The molecule has 1 fully saturated rings. The van der Waals surface area contributed by atoms with Crippen LogP contribution >= 0.6 is 11.9 Å². The summed E-state index contributed by atoms with van der Waals surface area (Å²) in [4.78, 5) is 11.0. The molecule has 1 aliphatic heterocycles. The fraction of sp³-hybridized carbons (Fsp3) is 0.250. The SMILES string of the molecule is C=C1SNCC1=O. The third kappa shape index (κ3) is 0.838. The summed E-state index contributed by atoms with van der Waals surface area (Å²) in [5.41, 5.74) is 0. The van der Waals surface area contributed by atoms with Gasteiger partial charge in [-0.1, -0.05) is 6.58 Å². The number of hydrogen-bond acceptors (Lipinski definition) is 3. The second kappa shape index (κ2) is 1.68. The first kappa shape index (κ1) is 4.87. The summed E-state index contributed by atoms with van der Waals surface area (Å²) >= 11 is 1.31. The standard InChI is InChI=1S/C4H5NOS/c1-3-4(6)2-5-7-3/h5H,1-2H2. The molecule has 0 unspecified atom stereocenters. The van der Waals surface area contributed by atoms with Crippen LogP contribution in [0.3, 0.4) is 0 Å². The van der Waals surface area contributed by atoms with Crippen molar-refractivity contribution in [2.45, 2.75) is 0 Å². The van der Waals surface area contributed by atoms with E-state index in [4.69, 9.17) is 0 Å². The van der Waals surface area contributed by atoms with E-state index in [-0.39, 0.29) is 5.78 Å². The topological polar surface area (TPSA) is 29.1 Å². The Morgan fingerprint density at radius 3 is 2.71 bits per heavy atom. The quantitative estimate of drug-likeness (QED) is 0.364. The Bertz CT molecular complexity index is 107.